The van der Waals surface area contributed by atoms with Gasteiger partial charge in [-0.05, 0) is 31.7 Å². The molecule has 4 nitrogen and oxygen atoms in total. The first kappa shape index (κ1) is 10.9. The zero-order chi connectivity index (χ0) is 10.8. The van der Waals surface area contributed by atoms with Crippen LogP contribution in [0.2, 0.25) is 0 Å². The van der Waals surface area contributed by atoms with Gasteiger partial charge in [-0.2, -0.15) is 0 Å². The quantitative estimate of drug-likeness (QED) is 0.673. The first-order chi connectivity index (χ1) is 7.22. The third-order valence-electron chi connectivity index (χ3n) is 3.32. The third-order valence-corrected chi connectivity index (χ3v) is 3.32. The maximum atomic E-state index is 11.8. The van der Waals surface area contributed by atoms with Crippen LogP contribution in [0.1, 0.15) is 26.2 Å². The molecule has 2 atom stereocenters. The Labute approximate surface area is 90.6 Å². The molecule has 0 bridgehead atoms. The van der Waals surface area contributed by atoms with Gasteiger partial charge < -0.3 is 15.3 Å². The second-order valence-electron chi connectivity index (χ2n) is 4.59. The molecule has 86 valence electrons. The number of likely N-dealkylation sites (N-methyl/N-ethyl adjacent to an activating group) is 1. The van der Waals surface area contributed by atoms with Crippen LogP contribution in [0.3, 0.4) is 0 Å². The molecule has 4 heteroatoms. The molecule has 1 amide bonds. The Hall–Kier alpha value is -0.610. The number of amides is 1. The second kappa shape index (κ2) is 4.49. The van der Waals surface area contributed by atoms with Crippen LogP contribution in [0.5, 0.6) is 0 Å². The number of likely N-dealkylation sites (tertiary alicyclic amines) is 1. The number of rotatable bonds is 5. The summed E-state index contributed by atoms with van der Waals surface area (Å²) in [6.45, 7) is 4.16. The highest BCUT2D eigenvalue weighted by Crippen LogP contribution is 2.33. The summed E-state index contributed by atoms with van der Waals surface area (Å²) in [6, 6.07) is -0.0126. The predicted molar refractivity (Wildman–Crippen MR) is 57.4 cm³/mol. The topological polar surface area (TPSA) is 52.6 Å². The van der Waals surface area contributed by atoms with E-state index in [1.165, 1.54) is 0 Å². The van der Waals surface area contributed by atoms with Crippen molar-refractivity contribution < 1.29 is 9.90 Å². The molecule has 2 rings (SSSR count). The van der Waals surface area contributed by atoms with Gasteiger partial charge in [-0.1, -0.05) is 6.92 Å². The standard InChI is InChI=1S/C11H20N2O2/c1-2-12-9-5-6-13(11(9)15)7-10(14)8-3-4-8/h8-10,12,14H,2-7H2,1H3. The summed E-state index contributed by atoms with van der Waals surface area (Å²) in [5.41, 5.74) is 0. The molecule has 1 aliphatic carbocycles. The number of nitrogens with zero attached hydrogens (tertiary/aromatic N) is 1. The molecule has 2 unspecified atom stereocenters. The molecule has 0 aromatic carbocycles. The lowest BCUT2D eigenvalue weighted by Crippen LogP contribution is -2.41. The Morgan fingerprint density at radius 1 is 1.53 bits per heavy atom. The van der Waals surface area contributed by atoms with Gasteiger partial charge in [-0.15, -0.1) is 0 Å². The summed E-state index contributed by atoms with van der Waals surface area (Å²) in [6.07, 6.45) is 2.83. The van der Waals surface area contributed by atoms with E-state index in [1.807, 2.05) is 6.92 Å². The van der Waals surface area contributed by atoms with E-state index in [9.17, 15) is 9.90 Å². The van der Waals surface area contributed by atoms with E-state index < -0.39 is 0 Å². The van der Waals surface area contributed by atoms with Gasteiger partial charge in [0.15, 0.2) is 0 Å². The highest BCUT2D eigenvalue weighted by molar-refractivity contribution is 5.84. The normalized spacial score (nSPS) is 28.5. The lowest BCUT2D eigenvalue weighted by atomic mass is 10.2. The summed E-state index contributed by atoms with van der Waals surface area (Å²) in [7, 11) is 0. The zero-order valence-corrected chi connectivity index (χ0v) is 9.28. The van der Waals surface area contributed by atoms with Crippen LogP contribution in [-0.2, 0) is 4.79 Å². The Bertz CT molecular complexity index is 241. The average molecular weight is 212 g/mol. The van der Waals surface area contributed by atoms with Crippen LogP contribution < -0.4 is 5.32 Å². The molecule has 2 N–H and O–H groups in total. The van der Waals surface area contributed by atoms with Gasteiger partial charge in [-0.25, -0.2) is 0 Å². The van der Waals surface area contributed by atoms with Gasteiger partial charge >= 0.3 is 0 Å². The van der Waals surface area contributed by atoms with Gasteiger partial charge in [0.25, 0.3) is 0 Å². The van der Waals surface area contributed by atoms with Crippen molar-refractivity contribution in [1.82, 2.24) is 10.2 Å². The van der Waals surface area contributed by atoms with Crippen molar-refractivity contribution in [3.8, 4) is 0 Å². The molecule has 1 heterocycles. The van der Waals surface area contributed by atoms with Crippen LogP contribution in [-0.4, -0.2) is 47.7 Å². The zero-order valence-electron chi connectivity index (χ0n) is 9.28. The fourth-order valence-corrected chi connectivity index (χ4v) is 2.21. The van der Waals surface area contributed by atoms with Crippen molar-refractivity contribution in [2.45, 2.75) is 38.3 Å². The van der Waals surface area contributed by atoms with Crippen LogP contribution in [0.25, 0.3) is 0 Å². The van der Waals surface area contributed by atoms with E-state index in [0.29, 0.717) is 12.5 Å². The van der Waals surface area contributed by atoms with Gasteiger partial charge in [0.2, 0.25) is 5.91 Å². The Kier molecular flexibility index (Phi) is 3.26. The fourth-order valence-electron chi connectivity index (χ4n) is 2.21. The van der Waals surface area contributed by atoms with E-state index in [0.717, 1.165) is 32.4 Å². The highest BCUT2D eigenvalue weighted by Gasteiger charge is 2.36. The second-order valence-corrected chi connectivity index (χ2v) is 4.59. The number of carbonyl (C=O) groups is 1. The molecule has 1 saturated heterocycles. The van der Waals surface area contributed by atoms with Crippen LogP contribution in [0, 0.1) is 5.92 Å². The minimum atomic E-state index is -0.297. The van der Waals surface area contributed by atoms with Crippen molar-refractivity contribution in [2.24, 2.45) is 5.92 Å². The fraction of sp³-hybridized carbons (Fsp3) is 0.909. The monoisotopic (exact) mass is 212 g/mol. The summed E-state index contributed by atoms with van der Waals surface area (Å²) in [5, 5.41) is 12.9. The summed E-state index contributed by atoms with van der Waals surface area (Å²) < 4.78 is 0. The van der Waals surface area contributed by atoms with Crippen molar-refractivity contribution in [3.05, 3.63) is 0 Å². The Morgan fingerprint density at radius 2 is 2.27 bits per heavy atom. The summed E-state index contributed by atoms with van der Waals surface area (Å²) >= 11 is 0. The predicted octanol–water partition coefficient (Wildman–Crippen LogP) is -0.0323. The maximum Gasteiger partial charge on any atom is 0.239 e. The molecule has 1 saturated carbocycles. The van der Waals surface area contributed by atoms with Crippen LogP contribution >= 0.6 is 0 Å². The smallest absolute Gasteiger partial charge is 0.239 e. The average Bonchev–Trinajstić information content (AvgIpc) is 3.00. The van der Waals surface area contributed by atoms with Gasteiger partial charge in [-0.3, -0.25) is 4.79 Å². The number of aliphatic hydroxyl groups is 1. The number of hydrogen-bond acceptors (Lipinski definition) is 3. The largest absolute Gasteiger partial charge is 0.391 e. The minimum absolute atomic E-state index is 0.0126. The lowest BCUT2D eigenvalue weighted by molar-refractivity contribution is -0.130. The number of nitrogens with one attached hydrogen (secondary N) is 1. The minimum Gasteiger partial charge on any atom is -0.391 e. The Balaban J connectivity index is 1.80. The molecule has 0 spiro atoms. The van der Waals surface area contributed by atoms with E-state index in [4.69, 9.17) is 0 Å². The molecule has 0 aromatic rings. The molecule has 1 aliphatic heterocycles. The highest BCUT2D eigenvalue weighted by atomic mass is 16.3. The molecule has 2 aliphatic rings. The van der Waals surface area contributed by atoms with Crippen molar-refractivity contribution in [2.75, 3.05) is 19.6 Å². The van der Waals surface area contributed by atoms with Crippen LogP contribution in [0.4, 0.5) is 0 Å². The number of carbonyl (C=O) groups excluding carboxylic acids is 1. The molecular weight excluding hydrogens is 192 g/mol. The van der Waals surface area contributed by atoms with Crippen molar-refractivity contribution >= 4 is 5.91 Å². The third kappa shape index (κ3) is 2.49. The summed E-state index contributed by atoms with van der Waals surface area (Å²) in [4.78, 5) is 13.6. The first-order valence-corrected chi connectivity index (χ1v) is 5.92. The SMILES string of the molecule is CCNC1CCN(CC(O)C2CC2)C1=O. The van der Waals surface area contributed by atoms with E-state index in [1.54, 1.807) is 4.90 Å². The lowest BCUT2D eigenvalue weighted by Gasteiger charge is -2.20. The molecular formula is C11H20N2O2. The first-order valence-electron chi connectivity index (χ1n) is 5.92. The van der Waals surface area contributed by atoms with E-state index in [-0.39, 0.29) is 18.1 Å². The van der Waals surface area contributed by atoms with Gasteiger partial charge in [0, 0.05) is 13.1 Å². The van der Waals surface area contributed by atoms with Crippen LogP contribution in [0.15, 0.2) is 0 Å². The number of hydrogen-bond donors (Lipinski definition) is 2. The van der Waals surface area contributed by atoms with Gasteiger partial charge in [0.05, 0.1) is 12.1 Å². The Morgan fingerprint density at radius 3 is 2.87 bits per heavy atom. The van der Waals surface area contributed by atoms with Crippen molar-refractivity contribution in [1.29, 1.82) is 0 Å². The maximum absolute atomic E-state index is 11.8. The number of aliphatic hydroxyl groups excluding tert-OH is 1. The molecule has 0 radical (unpaired) electrons. The van der Waals surface area contributed by atoms with E-state index >= 15 is 0 Å². The summed E-state index contributed by atoms with van der Waals surface area (Å²) in [5.74, 6) is 0.618. The molecule has 0 aromatic heterocycles. The molecule has 2 fully saturated rings. The molecule has 15 heavy (non-hydrogen) atoms. The van der Waals surface area contributed by atoms with E-state index in [2.05, 4.69) is 5.32 Å². The van der Waals surface area contributed by atoms with Gasteiger partial charge in [0.1, 0.15) is 0 Å². The van der Waals surface area contributed by atoms with Crippen molar-refractivity contribution in [3.63, 3.8) is 0 Å². The number of β-amino-alcohol motifs (C(OH)–C–C–N with tert-alkyl or cyclic N) is 1.